The number of nitrogens with one attached hydrogen (secondary N) is 2. The highest BCUT2D eigenvalue weighted by Gasteiger charge is 2.25. The van der Waals surface area contributed by atoms with Crippen LogP contribution >= 0.6 is 0 Å². The quantitative estimate of drug-likeness (QED) is 0.833. The summed E-state index contributed by atoms with van der Waals surface area (Å²) in [6, 6.07) is 6.89. The van der Waals surface area contributed by atoms with Crippen LogP contribution in [0.4, 0.5) is 4.39 Å². The Labute approximate surface area is 139 Å². The van der Waals surface area contributed by atoms with E-state index in [1.807, 2.05) is 0 Å². The van der Waals surface area contributed by atoms with E-state index in [0.29, 0.717) is 30.0 Å². The van der Waals surface area contributed by atoms with Gasteiger partial charge in [-0.15, -0.1) is 0 Å². The van der Waals surface area contributed by atoms with Crippen molar-refractivity contribution in [1.82, 2.24) is 20.2 Å². The Hall–Kier alpha value is -2.54. The highest BCUT2D eigenvalue weighted by molar-refractivity contribution is 5.83. The fourth-order valence-corrected chi connectivity index (χ4v) is 2.51. The first-order valence-electron chi connectivity index (χ1n) is 7.64. The number of aromatic amines is 1. The van der Waals surface area contributed by atoms with Gasteiger partial charge in [-0.2, -0.15) is 0 Å². The van der Waals surface area contributed by atoms with Crippen molar-refractivity contribution in [1.29, 1.82) is 0 Å². The van der Waals surface area contributed by atoms with Crippen LogP contribution in [0.15, 0.2) is 35.1 Å². The lowest BCUT2D eigenvalue weighted by Crippen LogP contribution is -2.38. The summed E-state index contributed by atoms with van der Waals surface area (Å²) in [7, 11) is 3.44. The van der Waals surface area contributed by atoms with Crippen molar-refractivity contribution in [3.05, 3.63) is 63.6 Å². The first kappa shape index (κ1) is 17.8. The molecule has 6 nitrogen and oxygen atoms in total. The van der Waals surface area contributed by atoms with Crippen molar-refractivity contribution >= 4 is 5.91 Å². The molecule has 0 aliphatic heterocycles. The van der Waals surface area contributed by atoms with E-state index in [4.69, 9.17) is 0 Å². The molecule has 0 aliphatic rings. The number of hydrogen-bond acceptors (Lipinski definition) is 4. The molecule has 0 unspecified atom stereocenters. The number of nitrogens with zero attached hydrogens (tertiary/aromatic N) is 2. The van der Waals surface area contributed by atoms with Crippen LogP contribution in [0.2, 0.25) is 0 Å². The maximum absolute atomic E-state index is 14.0. The average Bonchev–Trinajstić information content (AvgIpc) is 2.48. The van der Waals surface area contributed by atoms with Gasteiger partial charge in [-0.25, -0.2) is 9.37 Å². The van der Waals surface area contributed by atoms with Crippen LogP contribution in [0.1, 0.15) is 23.1 Å². The van der Waals surface area contributed by atoms with E-state index in [0.717, 1.165) is 0 Å². The van der Waals surface area contributed by atoms with E-state index in [-0.39, 0.29) is 11.5 Å². The van der Waals surface area contributed by atoms with Crippen molar-refractivity contribution in [2.24, 2.45) is 0 Å². The number of carbonyl (C=O) groups excluding carboxylic acids is 1. The molecule has 0 spiro atoms. The Balaban J connectivity index is 2.04. The second-order valence-corrected chi connectivity index (χ2v) is 5.76. The highest BCUT2D eigenvalue weighted by atomic mass is 19.1. The molecule has 2 rings (SSSR count). The fraction of sp³-hybridized carbons (Fsp3) is 0.353. The van der Waals surface area contributed by atoms with Gasteiger partial charge in [0.2, 0.25) is 5.91 Å². The summed E-state index contributed by atoms with van der Waals surface area (Å²) in [4.78, 5) is 32.3. The van der Waals surface area contributed by atoms with Gasteiger partial charge >= 0.3 is 0 Å². The maximum Gasteiger partial charge on any atom is 0.251 e. The number of halogens is 1. The van der Waals surface area contributed by atoms with Gasteiger partial charge in [0.15, 0.2) is 0 Å². The summed E-state index contributed by atoms with van der Waals surface area (Å²) >= 11 is 0. The minimum absolute atomic E-state index is 0.221. The Morgan fingerprint density at radius 2 is 2.08 bits per heavy atom. The third kappa shape index (κ3) is 4.48. The molecule has 24 heavy (non-hydrogen) atoms. The Morgan fingerprint density at radius 3 is 2.71 bits per heavy atom. The van der Waals surface area contributed by atoms with Crippen molar-refractivity contribution in [3.8, 4) is 0 Å². The number of aromatic nitrogens is 2. The lowest BCUT2D eigenvalue weighted by atomic mass is 10.0. The van der Waals surface area contributed by atoms with Crippen LogP contribution < -0.4 is 10.9 Å². The standard InChI is InChI=1S/C17H21FN4O2/c1-11-10-15(23)21-14(20-11)8-9-19-17(24)16(22(2)3)12-6-4-5-7-13(12)18/h4-7,10,16H,8-9H2,1-3H3,(H,19,24)(H,20,21,23)/t16-/m0/s1. The largest absolute Gasteiger partial charge is 0.354 e. The summed E-state index contributed by atoms with van der Waals surface area (Å²) in [5, 5.41) is 2.77. The average molecular weight is 332 g/mol. The molecule has 1 aromatic heterocycles. The highest BCUT2D eigenvalue weighted by Crippen LogP contribution is 2.21. The van der Waals surface area contributed by atoms with Gasteiger partial charge < -0.3 is 10.3 Å². The summed E-state index contributed by atoms with van der Waals surface area (Å²) < 4.78 is 14.0. The number of likely N-dealkylation sites (N-methyl/N-ethyl adjacent to an activating group) is 1. The first-order valence-corrected chi connectivity index (χ1v) is 7.64. The number of amides is 1. The van der Waals surface area contributed by atoms with E-state index < -0.39 is 11.9 Å². The second kappa shape index (κ2) is 7.83. The molecule has 0 bridgehead atoms. The number of benzene rings is 1. The monoisotopic (exact) mass is 332 g/mol. The third-order valence-electron chi connectivity index (χ3n) is 3.54. The molecule has 0 aliphatic carbocycles. The van der Waals surface area contributed by atoms with Gasteiger partial charge in [-0.05, 0) is 27.1 Å². The van der Waals surface area contributed by atoms with Crippen molar-refractivity contribution < 1.29 is 9.18 Å². The summed E-state index contributed by atoms with van der Waals surface area (Å²) in [6.45, 7) is 2.03. The SMILES string of the molecule is Cc1cc(=O)[nH]c(CCNC(=O)[C@H](c2ccccc2F)N(C)C)n1. The Morgan fingerprint density at radius 1 is 1.38 bits per heavy atom. The maximum atomic E-state index is 14.0. The van der Waals surface area contributed by atoms with Crippen LogP contribution in [0.3, 0.4) is 0 Å². The molecule has 1 amide bonds. The summed E-state index contributed by atoms with van der Waals surface area (Å²) in [6.07, 6.45) is 0.389. The molecule has 128 valence electrons. The minimum Gasteiger partial charge on any atom is -0.354 e. The zero-order valence-electron chi connectivity index (χ0n) is 14.0. The van der Waals surface area contributed by atoms with E-state index in [1.54, 1.807) is 44.1 Å². The predicted molar refractivity (Wildman–Crippen MR) is 89.1 cm³/mol. The molecule has 2 aromatic rings. The Bertz CT molecular complexity index is 773. The molecule has 2 N–H and O–H groups in total. The zero-order chi connectivity index (χ0) is 17.7. The lowest BCUT2D eigenvalue weighted by molar-refractivity contribution is -0.125. The topological polar surface area (TPSA) is 78.1 Å². The van der Waals surface area contributed by atoms with E-state index in [9.17, 15) is 14.0 Å². The first-order chi connectivity index (χ1) is 11.4. The molecule has 1 aromatic carbocycles. The van der Waals surface area contributed by atoms with E-state index in [1.165, 1.54) is 12.1 Å². The molecular formula is C17H21FN4O2. The van der Waals surface area contributed by atoms with Gasteiger partial charge in [0.05, 0.1) is 0 Å². The van der Waals surface area contributed by atoms with Crippen molar-refractivity contribution in [2.75, 3.05) is 20.6 Å². The minimum atomic E-state index is -0.726. The number of carbonyl (C=O) groups is 1. The third-order valence-corrected chi connectivity index (χ3v) is 3.54. The lowest BCUT2D eigenvalue weighted by Gasteiger charge is -2.24. The van der Waals surface area contributed by atoms with Gasteiger partial charge in [0, 0.05) is 30.3 Å². The van der Waals surface area contributed by atoms with Crippen LogP contribution in [0, 0.1) is 12.7 Å². The second-order valence-electron chi connectivity index (χ2n) is 5.76. The van der Waals surface area contributed by atoms with Crippen molar-refractivity contribution in [2.45, 2.75) is 19.4 Å². The number of aryl methyl sites for hydroxylation is 1. The number of H-pyrrole nitrogens is 1. The fourth-order valence-electron chi connectivity index (χ4n) is 2.51. The smallest absolute Gasteiger partial charge is 0.251 e. The molecule has 0 radical (unpaired) electrons. The van der Waals surface area contributed by atoms with Gasteiger partial charge in [0.25, 0.3) is 5.56 Å². The van der Waals surface area contributed by atoms with Gasteiger partial charge in [-0.3, -0.25) is 14.5 Å². The van der Waals surface area contributed by atoms with Crippen LogP contribution in [-0.4, -0.2) is 41.4 Å². The van der Waals surface area contributed by atoms with E-state index >= 15 is 0 Å². The Kier molecular flexibility index (Phi) is 5.81. The predicted octanol–water partition coefficient (Wildman–Crippen LogP) is 1.18. The van der Waals surface area contributed by atoms with Crippen LogP contribution in [0.5, 0.6) is 0 Å². The molecule has 1 heterocycles. The molecule has 0 saturated heterocycles. The molecular weight excluding hydrogens is 311 g/mol. The van der Waals surface area contributed by atoms with Crippen LogP contribution in [0.25, 0.3) is 0 Å². The summed E-state index contributed by atoms with van der Waals surface area (Å²) in [5.41, 5.74) is 0.723. The molecule has 1 atom stereocenters. The van der Waals surface area contributed by atoms with Gasteiger partial charge in [-0.1, -0.05) is 18.2 Å². The van der Waals surface area contributed by atoms with Crippen molar-refractivity contribution in [3.63, 3.8) is 0 Å². The van der Waals surface area contributed by atoms with Gasteiger partial charge in [0.1, 0.15) is 17.7 Å². The normalized spacial score (nSPS) is 12.2. The molecule has 7 heteroatoms. The summed E-state index contributed by atoms with van der Waals surface area (Å²) in [5.74, 6) is -0.219. The molecule has 0 saturated carbocycles. The van der Waals surface area contributed by atoms with E-state index in [2.05, 4.69) is 15.3 Å². The molecule has 0 fully saturated rings. The number of hydrogen-bond donors (Lipinski definition) is 2. The van der Waals surface area contributed by atoms with Crippen LogP contribution in [-0.2, 0) is 11.2 Å². The number of rotatable bonds is 6. The zero-order valence-corrected chi connectivity index (χ0v) is 14.0.